The number of nitrogens with zero attached hydrogens (tertiary/aromatic N) is 3. The molecule has 126 valence electrons. The van der Waals surface area contributed by atoms with Crippen molar-refractivity contribution in [3.63, 3.8) is 0 Å². The summed E-state index contributed by atoms with van der Waals surface area (Å²) in [5.74, 6) is -0.0468. The van der Waals surface area contributed by atoms with Crippen LogP contribution in [0.4, 0.5) is 5.69 Å². The molecule has 1 aromatic heterocycles. The Morgan fingerprint density at radius 3 is 2.54 bits per heavy atom. The number of pyridine rings is 1. The van der Waals surface area contributed by atoms with E-state index in [2.05, 4.69) is 51.4 Å². The lowest BCUT2D eigenvalue weighted by molar-refractivity contribution is 0.0954. The standard InChI is InChI=1S/C19H24N4O/c1-22-12-14-23(15-13-22)18-5-3-2-4-16(18)8-11-21-19(24)17-6-9-20-10-7-17/h2-7,9-10H,8,11-15H2,1H3,(H,21,24). The van der Waals surface area contributed by atoms with Gasteiger partial charge in [0.2, 0.25) is 0 Å². The van der Waals surface area contributed by atoms with Crippen LogP contribution in [0, 0.1) is 0 Å². The fraction of sp³-hybridized carbons (Fsp3) is 0.368. The third kappa shape index (κ3) is 4.11. The number of aromatic nitrogens is 1. The molecule has 0 unspecified atom stereocenters. The summed E-state index contributed by atoms with van der Waals surface area (Å²) in [7, 11) is 2.16. The average molecular weight is 324 g/mol. The summed E-state index contributed by atoms with van der Waals surface area (Å²) in [5, 5.41) is 2.99. The Balaban J connectivity index is 1.58. The Morgan fingerprint density at radius 2 is 1.79 bits per heavy atom. The summed E-state index contributed by atoms with van der Waals surface area (Å²) in [5.41, 5.74) is 3.23. The maximum Gasteiger partial charge on any atom is 0.251 e. The zero-order valence-electron chi connectivity index (χ0n) is 14.1. The number of hydrogen-bond acceptors (Lipinski definition) is 4. The number of carbonyl (C=O) groups is 1. The van der Waals surface area contributed by atoms with Gasteiger partial charge in [0.05, 0.1) is 0 Å². The SMILES string of the molecule is CN1CCN(c2ccccc2CCNC(=O)c2ccncc2)CC1. The van der Waals surface area contributed by atoms with Crippen LogP contribution in [-0.4, -0.2) is 55.6 Å². The van der Waals surface area contributed by atoms with Crippen LogP contribution < -0.4 is 10.2 Å². The Labute approximate surface area is 143 Å². The second-order valence-electron chi connectivity index (χ2n) is 6.16. The molecule has 0 spiro atoms. The topological polar surface area (TPSA) is 48.5 Å². The van der Waals surface area contributed by atoms with Gasteiger partial charge in [0.15, 0.2) is 0 Å². The van der Waals surface area contributed by atoms with Gasteiger partial charge < -0.3 is 15.1 Å². The molecular weight excluding hydrogens is 300 g/mol. The van der Waals surface area contributed by atoms with E-state index >= 15 is 0 Å². The number of rotatable bonds is 5. The molecule has 5 nitrogen and oxygen atoms in total. The van der Waals surface area contributed by atoms with Gasteiger partial charge in [-0.05, 0) is 37.2 Å². The summed E-state index contributed by atoms with van der Waals surface area (Å²) in [6, 6.07) is 12.0. The molecule has 3 rings (SSSR count). The number of likely N-dealkylation sites (N-methyl/N-ethyl adjacent to an activating group) is 1. The fourth-order valence-electron chi connectivity index (χ4n) is 2.99. The highest BCUT2D eigenvalue weighted by Gasteiger charge is 2.16. The Morgan fingerprint density at radius 1 is 1.08 bits per heavy atom. The smallest absolute Gasteiger partial charge is 0.251 e. The first-order valence-electron chi connectivity index (χ1n) is 8.43. The van der Waals surface area contributed by atoms with Gasteiger partial charge in [0, 0.05) is 56.4 Å². The molecule has 0 bridgehead atoms. The van der Waals surface area contributed by atoms with Gasteiger partial charge in [0.1, 0.15) is 0 Å². The molecule has 1 amide bonds. The third-order valence-corrected chi connectivity index (χ3v) is 4.46. The number of hydrogen-bond donors (Lipinski definition) is 1. The summed E-state index contributed by atoms with van der Waals surface area (Å²) >= 11 is 0. The van der Waals surface area contributed by atoms with Crippen LogP contribution in [0.2, 0.25) is 0 Å². The number of benzene rings is 1. The zero-order valence-corrected chi connectivity index (χ0v) is 14.1. The van der Waals surface area contributed by atoms with Crippen molar-refractivity contribution in [3.8, 4) is 0 Å². The highest BCUT2D eigenvalue weighted by molar-refractivity contribution is 5.93. The van der Waals surface area contributed by atoms with E-state index in [0.29, 0.717) is 12.1 Å². The van der Waals surface area contributed by atoms with Crippen LogP contribution in [0.1, 0.15) is 15.9 Å². The lowest BCUT2D eigenvalue weighted by Gasteiger charge is -2.35. The van der Waals surface area contributed by atoms with E-state index in [9.17, 15) is 4.79 Å². The first-order chi connectivity index (χ1) is 11.7. The van der Waals surface area contributed by atoms with Crippen LogP contribution in [0.15, 0.2) is 48.8 Å². The largest absolute Gasteiger partial charge is 0.369 e. The van der Waals surface area contributed by atoms with Crippen LogP contribution in [-0.2, 0) is 6.42 Å². The van der Waals surface area contributed by atoms with E-state index in [1.165, 1.54) is 11.3 Å². The van der Waals surface area contributed by atoms with Gasteiger partial charge in [-0.25, -0.2) is 0 Å². The maximum atomic E-state index is 12.1. The Hall–Kier alpha value is -2.40. The molecule has 1 aliphatic rings. The lowest BCUT2D eigenvalue weighted by atomic mass is 10.1. The summed E-state index contributed by atoms with van der Waals surface area (Å²) in [6.07, 6.45) is 4.11. The monoisotopic (exact) mass is 324 g/mol. The highest BCUT2D eigenvalue weighted by Crippen LogP contribution is 2.22. The first-order valence-corrected chi connectivity index (χ1v) is 8.43. The van der Waals surface area contributed by atoms with E-state index in [0.717, 1.165) is 32.6 Å². The third-order valence-electron chi connectivity index (χ3n) is 4.46. The van der Waals surface area contributed by atoms with E-state index < -0.39 is 0 Å². The van der Waals surface area contributed by atoms with Gasteiger partial charge in [-0.3, -0.25) is 9.78 Å². The molecule has 5 heteroatoms. The number of piperazine rings is 1. The molecule has 2 heterocycles. The van der Waals surface area contributed by atoms with Crippen molar-refractivity contribution in [2.45, 2.75) is 6.42 Å². The number of amides is 1. The van der Waals surface area contributed by atoms with Crippen molar-refractivity contribution < 1.29 is 4.79 Å². The van der Waals surface area contributed by atoms with E-state index in [-0.39, 0.29) is 5.91 Å². The van der Waals surface area contributed by atoms with Gasteiger partial charge in [-0.15, -0.1) is 0 Å². The predicted octanol–water partition coefficient (Wildman–Crippen LogP) is 1.81. The zero-order chi connectivity index (χ0) is 16.8. The lowest BCUT2D eigenvalue weighted by Crippen LogP contribution is -2.44. The summed E-state index contributed by atoms with van der Waals surface area (Å²) in [6.45, 7) is 4.92. The second-order valence-corrected chi connectivity index (χ2v) is 6.16. The maximum absolute atomic E-state index is 12.1. The quantitative estimate of drug-likeness (QED) is 0.911. The normalized spacial score (nSPS) is 15.3. The van der Waals surface area contributed by atoms with Crippen molar-refractivity contribution in [2.24, 2.45) is 0 Å². The number of para-hydroxylation sites is 1. The van der Waals surface area contributed by atoms with E-state index in [1.54, 1.807) is 24.5 Å². The molecule has 0 aliphatic carbocycles. The molecule has 0 atom stereocenters. The van der Waals surface area contributed by atoms with Crippen LogP contribution in [0.3, 0.4) is 0 Å². The molecule has 0 radical (unpaired) electrons. The molecule has 1 aliphatic heterocycles. The molecule has 1 aromatic carbocycles. The van der Waals surface area contributed by atoms with Gasteiger partial charge >= 0.3 is 0 Å². The molecule has 2 aromatic rings. The molecule has 1 fully saturated rings. The highest BCUT2D eigenvalue weighted by atomic mass is 16.1. The molecule has 1 saturated heterocycles. The van der Waals surface area contributed by atoms with Crippen molar-refractivity contribution in [1.29, 1.82) is 0 Å². The minimum atomic E-state index is -0.0468. The van der Waals surface area contributed by atoms with Crippen molar-refractivity contribution in [2.75, 3.05) is 44.7 Å². The number of anilines is 1. The van der Waals surface area contributed by atoms with Crippen LogP contribution >= 0.6 is 0 Å². The summed E-state index contributed by atoms with van der Waals surface area (Å²) in [4.78, 5) is 20.8. The Bertz CT molecular complexity index is 666. The number of carbonyl (C=O) groups excluding carboxylic acids is 1. The van der Waals surface area contributed by atoms with Crippen LogP contribution in [0.5, 0.6) is 0 Å². The molecule has 24 heavy (non-hydrogen) atoms. The van der Waals surface area contributed by atoms with E-state index in [1.807, 2.05) is 0 Å². The molecule has 1 N–H and O–H groups in total. The van der Waals surface area contributed by atoms with Crippen LogP contribution in [0.25, 0.3) is 0 Å². The van der Waals surface area contributed by atoms with E-state index in [4.69, 9.17) is 0 Å². The minimum absolute atomic E-state index is 0.0468. The van der Waals surface area contributed by atoms with Crippen molar-refractivity contribution >= 4 is 11.6 Å². The molecule has 0 saturated carbocycles. The molecular formula is C19H24N4O. The van der Waals surface area contributed by atoms with Gasteiger partial charge in [-0.1, -0.05) is 18.2 Å². The first kappa shape index (κ1) is 16.5. The number of nitrogens with one attached hydrogen (secondary N) is 1. The predicted molar refractivity (Wildman–Crippen MR) is 96.4 cm³/mol. The minimum Gasteiger partial charge on any atom is -0.369 e. The average Bonchev–Trinajstić information content (AvgIpc) is 2.63. The van der Waals surface area contributed by atoms with Crippen molar-refractivity contribution in [3.05, 3.63) is 59.9 Å². The van der Waals surface area contributed by atoms with Gasteiger partial charge in [-0.2, -0.15) is 0 Å². The Kier molecular flexibility index (Phi) is 5.43. The second kappa shape index (κ2) is 7.93. The van der Waals surface area contributed by atoms with Gasteiger partial charge in [0.25, 0.3) is 5.91 Å². The summed E-state index contributed by atoms with van der Waals surface area (Å²) < 4.78 is 0. The fourth-order valence-corrected chi connectivity index (χ4v) is 2.99. The van der Waals surface area contributed by atoms with Crippen molar-refractivity contribution in [1.82, 2.24) is 15.2 Å².